The van der Waals surface area contributed by atoms with E-state index < -0.39 is 0 Å². The highest BCUT2D eigenvalue weighted by Crippen LogP contribution is 2.37. The van der Waals surface area contributed by atoms with Crippen LogP contribution < -0.4 is 5.32 Å². The molecule has 148 valence electrons. The Morgan fingerprint density at radius 2 is 1.87 bits per heavy atom. The van der Waals surface area contributed by atoms with E-state index in [1.54, 1.807) is 0 Å². The van der Waals surface area contributed by atoms with Crippen molar-refractivity contribution < 1.29 is 4.79 Å². The minimum absolute atomic E-state index is 0.149. The summed E-state index contributed by atoms with van der Waals surface area (Å²) in [6.45, 7) is 2.02. The number of carbonyl (C=O) groups excluding carboxylic acids is 1. The number of rotatable bonds is 4. The second-order valence-corrected chi connectivity index (χ2v) is 8.28. The first-order valence-electron chi connectivity index (χ1n) is 10.0. The number of hydrogen-bond acceptors (Lipinski definition) is 5. The van der Waals surface area contributed by atoms with Crippen molar-refractivity contribution in [1.29, 1.82) is 0 Å². The number of carbonyl (C=O) groups is 1. The van der Waals surface area contributed by atoms with Crippen LogP contribution in [0.4, 0.5) is 5.13 Å². The molecule has 1 aliphatic carbocycles. The van der Waals surface area contributed by atoms with Gasteiger partial charge in [-0.1, -0.05) is 66.8 Å². The zero-order valence-electron chi connectivity index (χ0n) is 16.6. The lowest BCUT2D eigenvalue weighted by Gasteiger charge is -2.12. The van der Waals surface area contributed by atoms with Crippen molar-refractivity contribution in [2.45, 2.75) is 26.2 Å². The molecule has 2 heterocycles. The number of amides is 1. The molecular weight excluding hydrogens is 392 g/mol. The van der Waals surface area contributed by atoms with Gasteiger partial charge in [-0.2, -0.15) is 0 Å². The fourth-order valence-corrected chi connectivity index (χ4v) is 4.57. The second-order valence-electron chi connectivity index (χ2n) is 7.22. The van der Waals surface area contributed by atoms with E-state index in [0.29, 0.717) is 10.7 Å². The monoisotopic (exact) mass is 412 g/mol. The Kier molecular flexibility index (Phi) is 4.85. The summed E-state index contributed by atoms with van der Waals surface area (Å²) in [5, 5.41) is 13.5. The molecule has 1 aliphatic rings. The molecule has 0 aliphatic heterocycles. The number of nitrogens with zero attached hydrogens (tertiary/aromatic N) is 3. The van der Waals surface area contributed by atoms with Crippen molar-refractivity contribution in [3.63, 3.8) is 0 Å². The number of aryl methyl sites for hydroxylation is 1. The fraction of sp³-hybridized carbons (Fsp3) is 0.167. The van der Waals surface area contributed by atoms with Gasteiger partial charge in [0.15, 0.2) is 0 Å². The molecule has 0 spiro atoms. The zero-order valence-corrected chi connectivity index (χ0v) is 17.4. The minimum atomic E-state index is -0.149. The van der Waals surface area contributed by atoms with E-state index >= 15 is 0 Å². The standard InChI is InChI=1S/C24H20N4OS/c1-2-20-27-28-24(30-20)26-23(29)21-17-10-6-7-11-19(17)25-22-16(12-13-18(21)22)14-15-8-4-3-5-9-15/h3-11,14H,2,12-13H2,1H3,(H,26,28,29)/b16-14+. The molecule has 1 N–H and O–H groups in total. The van der Waals surface area contributed by atoms with E-state index in [1.807, 2.05) is 49.4 Å². The summed E-state index contributed by atoms with van der Waals surface area (Å²) in [5.74, 6) is -0.149. The second kappa shape index (κ2) is 7.80. The Morgan fingerprint density at radius 3 is 2.67 bits per heavy atom. The molecule has 1 amide bonds. The van der Waals surface area contributed by atoms with Crippen LogP contribution in [-0.2, 0) is 12.8 Å². The van der Waals surface area contributed by atoms with Gasteiger partial charge < -0.3 is 0 Å². The maximum atomic E-state index is 13.3. The van der Waals surface area contributed by atoms with Gasteiger partial charge in [-0.05, 0) is 48.1 Å². The molecule has 0 unspecified atom stereocenters. The molecule has 6 heteroatoms. The van der Waals surface area contributed by atoms with Crippen LogP contribution in [0.5, 0.6) is 0 Å². The smallest absolute Gasteiger partial charge is 0.258 e. The Bertz CT molecular complexity index is 1280. The number of hydrogen-bond donors (Lipinski definition) is 1. The number of aromatic nitrogens is 3. The number of pyridine rings is 1. The summed E-state index contributed by atoms with van der Waals surface area (Å²) in [5.41, 5.74) is 5.76. The topological polar surface area (TPSA) is 67.8 Å². The van der Waals surface area contributed by atoms with Crippen molar-refractivity contribution in [3.05, 3.63) is 82.0 Å². The number of nitrogens with one attached hydrogen (secondary N) is 1. The summed E-state index contributed by atoms with van der Waals surface area (Å²) < 4.78 is 0. The maximum absolute atomic E-state index is 13.3. The molecule has 0 bridgehead atoms. The average molecular weight is 413 g/mol. The van der Waals surface area contributed by atoms with Gasteiger partial charge >= 0.3 is 0 Å². The van der Waals surface area contributed by atoms with E-state index in [0.717, 1.165) is 52.0 Å². The fourth-order valence-electron chi connectivity index (χ4n) is 3.90. The highest BCUT2D eigenvalue weighted by molar-refractivity contribution is 7.15. The molecule has 30 heavy (non-hydrogen) atoms. The SMILES string of the molecule is CCc1nnc(NC(=O)c2c3c(nc4ccccc24)/C(=C/c2ccccc2)CC3)s1. The van der Waals surface area contributed by atoms with Gasteiger partial charge in [0.2, 0.25) is 5.13 Å². The number of allylic oxidation sites excluding steroid dienone is 1. The van der Waals surface area contributed by atoms with Crippen molar-refractivity contribution >= 4 is 44.9 Å². The normalized spacial score (nSPS) is 14.2. The average Bonchev–Trinajstić information content (AvgIpc) is 3.39. The van der Waals surface area contributed by atoms with E-state index in [2.05, 4.69) is 33.7 Å². The van der Waals surface area contributed by atoms with E-state index in [4.69, 9.17) is 4.98 Å². The molecular formula is C24H20N4OS. The van der Waals surface area contributed by atoms with Crippen LogP contribution >= 0.6 is 11.3 Å². The van der Waals surface area contributed by atoms with Crippen LogP contribution in [0, 0.1) is 0 Å². The minimum Gasteiger partial charge on any atom is -0.296 e. The molecule has 0 saturated heterocycles. The zero-order chi connectivity index (χ0) is 20.5. The predicted molar refractivity (Wildman–Crippen MR) is 122 cm³/mol. The maximum Gasteiger partial charge on any atom is 0.258 e. The van der Waals surface area contributed by atoms with Crippen LogP contribution in [0.1, 0.15) is 45.5 Å². The molecule has 2 aromatic heterocycles. The Balaban J connectivity index is 1.61. The lowest BCUT2D eigenvalue weighted by Crippen LogP contribution is -2.15. The van der Waals surface area contributed by atoms with Gasteiger partial charge in [0.1, 0.15) is 5.01 Å². The van der Waals surface area contributed by atoms with Crippen molar-refractivity contribution in [2.24, 2.45) is 0 Å². The molecule has 4 aromatic rings. The van der Waals surface area contributed by atoms with E-state index in [1.165, 1.54) is 16.9 Å². The first-order valence-corrected chi connectivity index (χ1v) is 10.9. The lowest BCUT2D eigenvalue weighted by atomic mass is 10.00. The van der Waals surface area contributed by atoms with Crippen LogP contribution in [0.2, 0.25) is 0 Å². The summed E-state index contributed by atoms with van der Waals surface area (Å²) in [6.07, 6.45) is 4.64. The third-order valence-corrected chi connectivity index (χ3v) is 6.28. The number of benzene rings is 2. The molecule has 0 saturated carbocycles. The summed E-state index contributed by atoms with van der Waals surface area (Å²) in [7, 11) is 0. The van der Waals surface area contributed by atoms with Crippen LogP contribution in [0.15, 0.2) is 54.6 Å². The van der Waals surface area contributed by atoms with Gasteiger partial charge in [0, 0.05) is 5.39 Å². The predicted octanol–water partition coefficient (Wildman–Crippen LogP) is 5.39. The third-order valence-electron chi connectivity index (χ3n) is 5.30. The number of fused-ring (bicyclic) bond motifs is 2. The summed E-state index contributed by atoms with van der Waals surface area (Å²) >= 11 is 1.42. The highest BCUT2D eigenvalue weighted by atomic mass is 32.1. The van der Waals surface area contributed by atoms with Crippen molar-refractivity contribution in [3.8, 4) is 0 Å². The molecule has 0 atom stereocenters. The molecule has 0 radical (unpaired) electrons. The highest BCUT2D eigenvalue weighted by Gasteiger charge is 2.27. The van der Waals surface area contributed by atoms with Gasteiger partial charge in [0.25, 0.3) is 5.91 Å². The van der Waals surface area contributed by atoms with Gasteiger partial charge in [-0.3, -0.25) is 10.1 Å². The largest absolute Gasteiger partial charge is 0.296 e. The summed E-state index contributed by atoms with van der Waals surface area (Å²) in [4.78, 5) is 18.3. The Labute approximate surface area is 178 Å². The van der Waals surface area contributed by atoms with Gasteiger partial charge in [-0.15, -0.1) is 10.2 Å². The van der Waals surface area contributed by atoms with Crippen LogP contribution in [-0.4, -0.2) is 21.1 Å². The van der Waals surface area contributed by atoms with Crippen LogP contribution in [0.3, 0.4) is 0 Å². The van der Waals surface area contributed by atoms with E-state index in [-0.39, 0.29) is 5.91 Å². The molecule has 5 rings (SSSR count). The molecule has 5 nitrogen and oxygen atoms in total. The Morgan fingerprint density at radius 1 is 1.07 bits per heavy atom. The first-order chi connectivity index (χ1) is 14.7. The molecule has 2 aromatic carbocycles. The molecule has 0 fully saturated rings. The number of para-hydroxylation sites is 1. The lowest BCUT2D eigenvalue weighted by molar-refractivity contribution is 0.102. The quantitative estimate of drug-likeness (QED) is 0.488. The first kappa shape index (κ1) is 18.6. The van der Waals surface area contributed by atoms with Crippen LogP contribution in [0.25, 0.3) is 22.6 Å². The van der Waals surface area contributed by atoms with E-state index in [9.17, 15) is 4.79 Å². The Hall–Kier alpha value is -3.38. The van der Waals surface area contributed by atoms with Gasteiger partial charge in [-0.25, -0.2) is 4.98 Å². The van der Waals surface area contributed by atoms with Crippen molar-refractivity contribution in [2.75, 3.05) is 5.32 Å². The van der Waals surface area contributed by atoms with Crippen molar-refractivity contribution in [1.82, 2.24) is 15.2 Å². The third kappa shape index (κ3) is 3.39. The summed E-state index contributed by atoms with van der Waals surface area (Å²) in [6, 6.07) is 18.1. The van der Waals surface area contributed by atoms with Gasteiger partial charge in [0.05, 0.1) is 16.8 Å². The number of anilines is 1.